The summed E-state index contributed by atoms with van der Waals surface area (Å²) in [6.07, 6.45) is 1.86. The van der Waals surface area contributed by atoms with Crippen LogP contribution in [0.5, 0.6) is 0 Å². The number of rotatable bonds is 3. The Morgan fingerprint density at radius 3 is 2.65 bits per heavy atom. The molecule has 0 aliphatic heterocycles. The summed E-state index contributed by atoms with van der Waals surface area (Å²) in [5.41, 5.74) is 0.956. The Morgan fingerprint density at radius 1 is 1.24 bits per heavy atom. The number of halogens is 1. The van der Waals surface area contributed by atoms with Crippen LogP contribution in [0.25, 0.3) is 0 Å². The van der Waals surface area contributed by atoms with Gasteiger partial charge in [-0.25, -0.2) is 0 Å². The first-order valence-electron chi connectivity index (χ1n) is 5.07. The van der Waals surface area contributed by atoms with Crippen molar-refractivity contribution in [1.29, 1.82) is 0 Å². The maximum absolute atomic E-state index is 12.0. The van der Waals surface area contributed by atoms with E-state index < -0.39 is 6.10 Å². The van der Waals surface area contributed by atoms with Crippen LogP contribution < -0.4 is 0 Å². The van der Waals surface area contributed by atoms with Crippen LogP contribution in [0.15, 0.2) is 53.3 Å². The summed E-state index contributed by atoms with van der Waals surface area (Å²) in [4.78, 5) is 15.8. The smallest absolute Gasteiger partial charge is 0.197 e. The number of aromatic nitrogens is 1. The van der Waals surface area contributed by atoms with Crippen LogP contribution in [0.1, 0.15) is 22.0 Å². The van der Waals surface area contributed by atoms with Crippen LogP contribution in [0.4, 0.5) is 0 Å². The first kappa shape index (κ1) is 12.0. The SMILES string of the molecule is O=C(c1cccnc1)C(O)c1ccccc1Br. The summed E-state index contributed by atoms with van der Waals surface area (Å²) in [5, 5.41) is 10.0. The topological polar surface area (TPSA) is 50.2 Å². The van der Waals surface area contributed by atoms with Gasteiger partial charge in [0.2, 0.25) is 0 Å². The number of Topliss-reactive ketones (excluding diaryl/α,β-unsaturated/α-hetero) is 1. The van der Waals surface area contributed by atoms with E-state index in [9.17, 15) is 9.90 Å². The molecule has 1 atom stereocenters. The second-order valence-corrected chi connectivity index (χ2v) is 4.38. The predicted octanol–water partition coefficient (Wildman–Crippen LogP) is 2.76. The predicted molar refractivity (Wildman–Crippen MR) is 67.7 cm³/mol. The molecule has 1 aromatic heterocycles. The van der Waals surface area contributed by atoms with Crippen LogP contribution in [-0.4, -0.2) is 15.9 Å². The summed E-state index contributed by atoms with van der Waals surface area (Å²) in [5.74, 6) is -0.356. The van der Waals surface area contributed by atoms with E-state index in [1.807, 2.05) is 6.07 Å². The maximum Gasteiger partial charge on any atom is 0.197 e. The van der Waals surface area contributed by atoms with E-state index in [0.29, 0.717) is 15.6 Å². The number of aliphatic hydroxyl groups is 1. The van der Waals surface area contributed by atoms with Crippen molar-refractivity contribution in [3.63, 3.8) is 0 Å². The van der Waals surface area contributed by atoms with Gasteiger partial charge in [-0.2, -0.15) is 0 Å². The standard InChI is InChI=1S/C13H10BrNO2/c14-11-6-2-1-5-10(11)13(17)12(16)9-4-3-7-15-8-9/h1-8,13,17H. The van der Waals surface area contributed by atoms with Gasteiger partial charge in [0.15, 0.2) is 5.78 Å². The molecule has 1 heterocycles. The third-order valence-corrected chi connectivity index (χ3v) is 3.12. The molecule has 0 fully saturated rings. The zero-order chi connectivity index (χ0) is 12.3. The summed E-state index contributed by atoms with van der Waals surface area (Å²) in [6.45, 7) is 0. The number of hydrogen-bond donors (Lipinski definition) is 1. The van der Waals surface area contributed by atoms with Gasteiger partial charge < -0.3 is 5.11 Å². The Morgan fingerprint density at radius 2 is 2.00 bits per heavy atom. The number of nitrogens with zero attached hydrogens (tertiary/aromatic N) is 1. The molecule has 0 saturated heterocycles. The lowest BCUT2D eigenvalue weighted by atomic mass is 10.0. The minimum absolute atomic E-state index is 0.356. The van der Waals surface area contributed by atoms with E-state index >= 15 is 0 Å². The van der Waals surface area contributed by atoms with Gasteiger partial charge in [0.1, 0.15) is 6.10 Å². The van der Waals surface area contributed by atoms with E-state index in [1.54, 1.807) is 36.5 Å². The van der Waals surface area contributed by atoms with Crippen molar-refractivity contribution in [3.8, 4) is 0 Å². The monoisotopic (exact) mass is 291 g/mol. The highest BCUT2D eigenvalue weighted by Gasteiger charge is 2.20. The molecule has 0 bridgehead atoms. The molecule has 0 saturated carbocycles. The fraction of sp³-hybridized carbons (Fsp3) is 0.0769. The van der Waals surface area contributed by atoms with Gasteiger partial charge >= 0.3 is 0 Å². The summed E-state index contributed by atoms with van der Waals surface area (Å²) in [7, 11) is 0. The lowest BCUT2D eigenvalue weighted by Crippen LogP contribution is -2.12. The van der Waals surface area contributed by atoms with Gasteiger partial charge in [0.25, 0.3) is 0 Å². The molecule has 1 N–H and O–H groups in total. The van der Waals surface area contributed by atoms with Crippen LogP contribution in [0, 0.1) is 0 Å². The Labute approximate surface area is 107 Å². The third kappa shape index (κ3) is 2.60. The Hall–Kier alpha value is -1.52. The number of hydrogen-bond acceptors (Lipinski definition) is 3. The second-order valence-electron chi connectivity index (χ2n) is 3.53. The second kappa shape index (κ2) is 5.21. The normalized spacial score (nSPS) is 12.1. The fourth-order valence-corrected chi connectivity index (χ4v) is 2.01. The molecule has 1 unspecified atom stereocenters. The maximum atomic E-state index is 12.0. The molecule has 2 rings (SSSR count). The van der Waals surface area contributed by atoms with Gasteiger partial charge in [0.05, 0.1) is 0 Å². The van der Waals surface area contributed by atoms with Crippen molar-refractivity contribution in [2.24, 2.45) is 0 Å². The zero-order valence-corrected chi connectivity index (χ0v) is 10.5. The molecule has 86 valence electrons. The van der Waals surface area contributed by atoms with Crippen molar-refractivity contribution in [2.75, 3.05) is 0 Å². The molecule has 1 aromatic carbocycles. The number of pyridine rings is 1. The zero-order valence-electron chi connectivity index (χ0n) is 8.88. The van der Waals surface area contributed by atoms with Crippen LogP contribution in [-0.2, 0) is 0 Å². The highest BCUT2D eigenvalue weighted by molar-refractivity contribution is 9.10. The highest BCUT2D eigenvalue weighted by atomic mass is 79.9. The van der Waals surface area contributed by atoms with Crippen LogP contribution in [0.2, 0.25) is 0 Å². The van der Waals surface area contributed by atoms with Crippen LogP contribution >= 0.6 is 15.9 Å². The number of ketones is 1. The Balaban J connectivity index is 2.30. The summed E-state index contributed by atoms with van der Waals surface area (Å²) in [6, 6.07) is 10.4. The number of carbonyl (C=O) groups is 1. The first-order chi connectivity index (χ1) is 8.20. The minimum Gasteiger partial charge on any atom is -0.380 e. The molecule has 0 amide bonds. The first-order valence-corrected chi connectivity index (χ1v) is 5.86. The molecule has 2 aromatic rings. The lowest BCUT2D eigenvalue weighted by molar-refractivity contribution is 0.0746. The van der Waals surface area contributed by atoms with Crippen molar-refractivity contribution >= 4 is 21.7 Å². The molecule has 4 heteroatoms. The van der Waals surface area contributed by atoms with Gasteiger partial charge in [-0.3, -0.25) is 9.78 Å². The number of aliphatic hydroxyl groups excluding tert-OH is 1. The quantitative estimate of drug-likeness (QED) is 0.885. The van der Waals surface area contributed by atoms with Crippen LogP contribution in [0.3, 0.4) is 0 Å². The Bertz CT molecular complexity index is 528. The van der Waals surface area contributed by atoms with E-state index in [2.05, 4.69) is 20.9 Å². The third-order valence-electron chi connectivity index (χ3n) is 2.39. The molecule has 3 nitrogen and oxygen atoms in total. The fourth-order valence-electron chi connectivity index (χ4n) is 1.50. The number of benzene rings is 1. The molecule has 0 spiro atoms. The van der Waals surface area contributed by atoms with Gasteiger partial charge in [-0.1, -0.05) is 34.1 Å². The van der Waals surface area contributed by atoms with Gasteiger partial charge in [-0.15, -0.1) is 0 Å². The minimum atomic E-state index is -1.17. The van der Waals surface area contributed by atoms with Crippen molar-refractivity contribution in [3.05, 3.63) is 64.4 Å². The van der Waals surface area contributed by atoms with Gasteiger partial charge in [0, 0.05) is 28.0 Å². The summed E-state index contributed by atoms with van der Waals surface area (Å²) >= 11 is 3.31. The summed E-state index contributed by atoms with van der Waals surface area (Å²) < 4.78 is 0.713. The van der Waals surface area contributed by atoms with E-state index in [1.165, 1.54) is 6.20 Å². The highest BCUT2D eigenvalue weighted by Crippen LogP contribution is 2.25. The number of carbonyl (C=O) groups excluding carboxylic acids is 1. The van der Waals surface area contributed by atoms with E-state index in [4.69, 9.17) is 0 Å². The van der Waals surface area contributed by atoms with Crippen molar-refractivity contribution in [2.45, 2.75) is 6.10 Å². The lowest BCUT2D eigenvalue weighted by Gasteiger charge is -2.11. The van der Waals surface area contributed by atoms with Crippen molar-refractivity contribution < 1.29 is 9.90 Å². The average Bonchev–Trinajstić information content (AvgIpc) is 2.39. The molecule has 0 radical (unpaired) electrons. The van der Waals surface area contributed by atoms with E-state index in [0.717, 1.165) is 0 Å². The van der Waals surface area contributed by atoms with Crippen molar-refractivity contribution in [1.82, 2.24) is 4.98 Å². The molecule has 0 aliphatic carbocycles. The Kier molecular flexibility index (Phi) is 3.66. The average molecular weight is 292 g/mol. The molecular formula is C13H10BrNO2. The molecular weight excluding hydrogens is 282 g/mol. The molecule has 17 heavy (non-hydrogen) atoms. The largest absolute Gasteiger partial charge is 0.380 e. The van der Waals surface area contributed by atoms with Gasteiger partial charge in [-0.05, 0) is 18.2 Å². The molecule has 0 aliphatic rings. The van der Waals surface area contributed by atoms with E-state index in [-0.39, 0.29) is 5.78 Å².